The normalized spacial score (nSPS) is 10.1. The van der Waals surface area contributed by atoms with Gasteiger partial charge in [0.2, 0.25) is 0 Å². The third-order valence-corrected chi connectivity index (χ3v) is 2.52. The lowest BCUT2D eigenvalue weighted by Crippen LogP contribution is -1.92. The number of nitrogen functional groups attached to an aromatic ring is 1. The van der Waals surface area contributed by atoms with Gasteiger partial charge in [0.1, 0.15) is 5.82 Å². The largest absolute Gasteiger partial charge is 0.383 e. The van der Waals surface area contributed by atoms with E-state index in [0.717, 1.165) is 15.6 Å². The van der Waals surface area contributed by atoms with Crippen LogP contribution in [0.2, 0.25) is 0 Å². The van der Waals surface area contributed by atoms with Crippen molar-refractivity contribution in [2.45, 2.75) is 0 Å². The number of pyridine rings is 1. The Labute approximate surface area is 90.9 Å². The Hall–Kier alpha value is -1.35. The molecule has 0 unspecified atom stereocenters. The van der Waals surface area contributed by atoms with E-state index in [1.807, 2.05) is 36.4 Å². The maximum Gasteiger partial charge on any atom is 0.131 e. The monoisotopic (exact) mass is 248 g/mol. The number of nitrogens with zero attached hydrogens (tertiary/aromatic N) is 1. The molecule has 2 N–H and O–H groups in total. The van der Waals surface area contributed by atoms with Crippen molar-refractivity contribution < 1.29 is 0 Å². The van der Waals surface area contributed by atoms with Crippen molar-refractivity contribution in [2.75, 3.05) is 5.73 Å². The zero-order valence-electron chi connectivity index (χ0n) is 7.44. The van der Waals surface area contributed by atoms with Gasteiger partial charge in [-0.05, 0) is 29.8 Å². The highest BCUT2D eigenvalue weighted by Gasteiger charge is 2.01. The van der Waals surface area contributed by atoms with Gasteiger partial charge in [-0.15, -0.1) is 0 Å². The first kappa shape index (κ1) is 9.21. The fourth-order valence-corrected chi connectivity index (χ4v) is 1.56. The number of hydrogen-bond donors (Lipinski definition) is 1. The molecular weight excluding hydrogens is 240 g/mol. The number of halogens is 1. The summed E-state index contributed by atoms with van der Waals surface area (Å²) < 4.78 is 1.06. The summed E-state index contributed by atoms with van der Waals surface area (Å²) in [6.45, 7) is 0. The van der Waals surface area contributed by atoms with Crippen LogP contribution < -0.4 is 5.73 Å². The van der Waals surface area contributed by atoms with Gasteiger partial charge in [-0.3, -0.25) is 0 Å². The molecule has 0 fully saturated rings. The van der Waals surface area contributed by atoms with Gasteiger partial charge in [0, 0.05) is 16.2 Å². The summed E-state index contributed by atoms with van der Waals surface area (Å²) >= 11 is 3.39. The summed E-state index contributed by atoms with van der Waals surface area (Å²) in [6, 6.07) is 11.8. The molecule has 2 nitrogen and oxygen atoms in total. The Morgan fingerprint density at radius 2 is 1.79 bits per heavy atom. The Morgan fingerprint density at radius 1 is 1.07 bits per heavy atom. The number of nitrogens with two attached hydrogens (primary N) is 1. The Kier molecular flexibility index (Phi) is 2.50. The molecule has 0 spiro atoms. The summed E-state index contributed by atoms with van der Waals surface area (Å²) in [4.78, 5) is 4.04. The van der Waals surface area contributed by atoms with E-state index in [-0.39, 0.29) is 0 Å². The quantitative estimate of drug-likeness (QED) is 0.843. The summed E-state index contributed by atoms with van der Waals surface area (Å²) in [5.41, 5.74) is 7.82. The molecule has 0 bridgehead atoms. The minimum absolute atomic E-state index is 0.565. The molecule has 2 rings (SSSR count). The molecule has 0 aliphatic heterocycles. The molecule has 0 saturated carbocycles. The van der Waals surface area contributed by atoms with Crippen LogP contribution in [0.25, 0.3) is 11.1 Å². The standard InChI is InChI=1S/C11H9BrN2/c12-9-5-3-8(4-6-9)10-2-1-7-14-11(10)13/h1-7H,(H2,13,14). The maximum absolute atomic E-state index is 5.77. The molecule has 14 heavy (non-hydrogen) atoms. The van der Waals surface area contributed by atoms with E-state index in [1.165, 1.54) is 0 Å². The van der Waals surface area contributed by atoms with E-state index in [4.69, 9.17) is 5.73 Å². The first-order valence-electron chi connectivity index (χ1n) is 4.24. The molecule has 0 aliphatic rings. The summed E-state index contributed by atoms with van der Waals surface area (Å²) in [6.07, 6.45) is 1.69. The van der Waals surface area contributed by atoms with E-state index < -0.39 is 0 Å². The molecule has 0 atom stereocenters. The Bertz CT molecular complexity index is 437. The summed E-state index contributed by atoms with van der Waals surface area (Å²) in [7, 11) is 0. The average molecular weight is 249 g/mol. The van der Waals surface area contributed by atoms with Gasteiger partial charge < -0.3 is 5.73 Å². The van der Waals surface area contributed by atoms with Crippen molar-refractivity contribution in [1.29, 1.82) is 0 Å². The predicted molar refractivity (Wildman–Crippen MR) is 61.8 cm³/mol. The van der Waals surface area contributed by atoms with E-state index in [2.05, 4.69) is 20.9 Å². The molecule has 2 aromatic rings. The summed E-state index contributed by atoms with van der Waals surface area (Å²) in [5.74, 6) is 0.565. The van der Waals surface area contributed by atoms with Gasteiger partial charge in [0.25, 0.3) is 0 Å². The summed E-state index contributed by atoms with van der Waals surface area (Å²) in [5, 5.41) is 0. The van der Waals surface area contributed by atoms with Crippen molar-refractivity contribution in [2.24, 2.45) is 0 Å². The topological polar surface area (TPSA) is 38.9 Å². The zero-order valence-corrected chi connectivity index (χ0v) is 9.03. The van der Waals surface area contributed by atoms with Crippen molar-refractivity contribution in [3.8, 4) is 11.1 Å². The van der Waals surface area contributed by atoms with Crippen LogP contribution in [0.4, 0.5) is 5.82 Å². The number of rotatable bonds is 1. The van der Waals surface area contributed by atoms with Crippen LogP contribution in [-0.4, -0.2) is 4.98 Å². The number of aromatic nitrogens is 1. The molecule has 1 aromatic heterocycles. The predicted octanol–water partition coefficient (Wildman–Crippen LogP) is 3.09. The van der Waals surface area contributed by atoms with Crippen molar-refractivity contribution in [3.05, 3.63) is 47.1 Å². The van der Waals surface area contributed by atoms with Gasteiger partial charge in [0.05, 0.1) is 0 Å². The molecule has 1 heterocycles. The number of anilines is 1. The van der Waals surface area contributed by atoms with Gasteiger partial charge in [-0.25, -0.2) is 4.98 Å². The van der Waals surface area contributed by atoms with Gasteiger partial charge in [-0.1, -0.05) is 28.1 Å². The highest BCUT2D eigenvalue weighted by Crippen LogP contribution is 2.24. The van der Waals surface area contributed by atoms with E-state index in [9.17, 15) is 0 Å². The van der Waals surface area contributed by atoms with Crippen LogP contribution in [-0.2, 0) is 0 Å². The molecular formula is C11H9BrN2. The second-order valence-corrected chi connectivity index (χ2v) is 3.86. The second-order valence-electron chi connectivity index (χ2n) is 2.94. The minimum atomic E-state index is 0.565. The van der Waals surface area contributed by atoms with Crippen LogP contribution >= 0.6 is 15.9 Å². The number of hydrogen-bond acceptors (Lipinski definition) is 2. The first-order valence-corrected chi connectivity index (χ1v) is 5.03. The zero-order chi connectivity index (χ0) is 9.97. The van der Waals surface area contributed by atoms with Gasteiger partial charge >= 0.3 is 0 Å². The molecule has 70 valence electrons. The molecule has 0 amide bonds. The van der Waals surface area contributed by atoms with Gasteiger partial charge in [0.15, 0.2) is 0 Å². The third kappa shape index (κ3) is 1.77. The van der Waals surface area contributed by atoms with Crippen LogP contribution in [0.3, 0.4) is 0 Å². The third-order valence-electron chi connectivity index (χ3n) is 1.99. The van der Waals surface area contributed by atoms with Crippen molar-refractivity contribution in [3.63, 3.8) is 0 Å². The molecule has 0 saturated heterocycles. The Morgan fingerprint density at radius 3 is 2.43 bits per heavy atom. The SMILES string of the molecule is Nc1ncccc1-c1ccc(Br)cc1. The molecule has 3 heteroatoms. The van der Waals surface area contributed by atoms with Crippen LogP contribution in [0.15, 0.2) is 47.1 Å². The fraction of sp³-hybridized carbons (Fsp3) is 0. The Balaban J connectivity index is 2.50. The van der Waals surface area contributed by atoms with E-state index in [1.54, 1.807) is 6.20 Å². The average Bonchev–Trinajstić information content (AvgIpc) is 2.20. The van der Waals surface area contributed by atoms with Crippen molar-refractivity contribution in [1.82, 2.24) is 4.98 Å². The highest BCUT2D eigenvalue weighted by molar-refractivity contribution is 9.10. The lowest BCUT2D eigenvalue weighted by molar-refractivity contribution is 1.34. The van der Waals surface area contributed by atoms with E-state index in [0.29, 0.717) is 5.82 Å². The maximum atomic E-state index is 5.77. The van der Waals surface area contributed by atoms with E-state index >= 15 is 0 Å². The number of benzene rings is 1. The van der Waals surface area contributed by atoms with Crippen LogP contribution in [0.1, 0.15) is 0 Å². The van der Waals surface area contributed by atoms with Crippen molar-refractivity contribution >= 4 is 21.7 Å². The van der Waals surface area contributed by atoms with Crippen LogP contribution in [0.5, 0.6) is 0 Å². The molecule has 0 radical (unpaired) electrons. The van der Waals surface area contributed by atoms with Crippen LogP contribution in [0, 0.1) is 0 Å². The molecule has 0 aliphatic carbocycles. The van der Waals surface area contributed by atoms with Gasteiger partial charge in [-0.2, -0.15) is 0 Å². The molecule has 1 aromatic carbocycles. The second kappa shape index (κ2) is 3.80. The smallest absolute Gasteiger partial charge is 0.131 e. The lowest BCUT2D eigenvalue weighted by Gasteiger charge is -2.03. The first-order chi connectivity index (χ1) is 6.77. The highest BCUT2D eigenvalue weighted by atomic mass is 79.9. The fourth-order valence-electron chi connectivity index (χ4n) is 1.29. The minimum Gasteiger partial charge on any atom is -0.383 e. The lowest BCUT2D eigenvalue weighted by atomic mass is 10.1.